The highest BCUT2D eigenvalue weighted by atomic mass is 19.4. The maximum Gasteiger partial charge on any atom is 0.440 e. The molecule has 0 aliphatic carbocycles. The van der Waals surface area contributed by atoms with Crippen LogP contribution in [0.3, 0.4) is 0 Å². The van der Waals surface area contributed by atoms with Gasteiger partial charge in [-0.1, -0.05) is 19.9 Å². The van der Waals surface area contributed by atoms with Gasteiger partial charge in [0.15, 0.2) is 0 Å². The third kappa shape index (κ3) is 3.72. The molecule has 1 fully saturated rings. The molecule has 0 bridgehead atoms. The maximum atomic E-state index is 13.6. The van der Waals surface area contributed by atoms with Crippen LogP contribution in [0.4, 0.5) is 18.0 Å². The van der Waals surface area contributed by atoms with Gasteiger partial charge in [-0.05, 0) is 17.5 Å². The number of carbonyl (C=O) groups is 3. The van der Waals surface area contributed by atoms with E-state index in [4.69, 9.17) is 0 Å². The fraction of sp³-hybridized carbons (Fsp3) is 0.467. The first-order chi connectivity index (χ1) is 11.6. The minimum Gasteiger partial charge on any atom is -0.318 e. The molecule has 1 aromatic rings. The minimum atomic E-state index is -5.20. The van der Waals surface area contributed by atoms with Crippen LogP contribution in [-0.2, 0) is 16.1 Å². The Hall–Kier alpha value is -2.65. The summed E-state index contributed by atoms with van der Waals surface area (Å²) in [5.41, 5.74) is -3.09. The second kappa shape index (κ2) is 6.69. The molecule has 1 atom stereocenters. The van der Waals surface area contributed by atoms with Crippen molar-refractivity contribution in [3.05, 3.63) is 30.1 Å². The number of nitrogens with one attached hydrogen (secondary N) is 2. The van der Waals surface area contributed by atoms with E-state index < -0.39 is 36.2 Å². The quantitative estimate of drug-likeness (QED) is 0.782. The summed E-state index contributed by atoms with van der Waals surface area (Å²) >= 11 is 0. The summed E-state index contributed by atoms with van der Waals surface area (Å²) in [5.74, 6) is -2.78. The van der Waals surface area contributed by atoms with Crippen molar-refractivity contribution < 1.29 is 27.6 Å². The Labute approximate surface area is 141 Å². The molecule has 1 aliphatic rings. The summed E-state index contributed by atoms with van der Waals surface area (Å²) in [6, 6.07) is 1.80. The van der Waals surface area contributed by atoms with Crippen LogP contribution in [0.2, 0.25) is 0 Å². The van der Waals surface area contributed by atoms with Gasteiger partial charge in [-0.15, -0.1) is 0 Å². The number of alkyl halides is 3. The summed E-state index contributed by atoms with van der Waals surface area (Å²) < 4.78 is 40.7. The number of nitrogens with zero attached hydrogens (tertiary/aromatic N) is 2. The molecule has 0 radical (unpaired) electrons. The smallest absolute Gasteiger partial charge is 0.318 e. The normalized spacial score (nSPS) is 20.8. The number of hydrogen-bond acceptors (Lipinski definition) is 4. The zero-order valence-corrected chi connectivity index (χ0v) is 13.6. The van der Waals surface area contributed by atoms with Crippen LogP contribution in [-0.4, -0.2) is 39.6 Å². The highest BCUT2D eigenvalue weighted by Gasteiger charge is 2.68. The van der Waals surface area contributed by atoms with E-state index >= 15 is 0 Å². The van der Waals surface area contributed by atoms with E-state index in [9.17, 15) is 27.6 Å². The number of imide groups is 1. The molecular formula is C15H17F3N4O3. The lowest BCUT2D eigenvalue weighted by molar-refractivity contribution is -0.204. The molecule has 1 aliphatic heterocycles. The van der Waals surface area contributed by atoms with Crippen LogP contribution < -0.4 is 10.6 Å². The Morgan fingerprint density at radius 2 is 2.08 bits per heavy atom. The summed E-state index contributed by atoms with van der Waals surface area (Å²) in [7, 11) is 0. The van der Waals surface area contributed by atoms with Gasteiger partial charge in [-0.2, -0.15) is 13.2 Å². The van der Waals surface area contributed by atoms with Crippen molar-refractivity contribution in [1.82, 2.24) is 20.5 Å². The first-order valence-electron chi connectivity index (χ1n) is 7.47. The van der Waals surface area contributed by atoms with Gasteiger partial charge in [0.1, 0.15) is 0 Å². The van der Waals surface area contributed by atoms with Gasteiger partial charge in [0.2, 0.25) is 5.91 Å². The van der Waals surface area contributed by atoms with E-state index in [0.717, 1.165) is 0 Å². The van der Waals surface area contributed by atoms with Crippen LogP contribution in [0.25, 0.3) is 0 Å². The zero-order valence-electron chi connectivity index (χ0n) is 13.6. The van der Waals surface area contributed by atoms with Crippen molar-refractivity contribution in [1.29, 1.82) is 0 Å². The number of hydrogen-bond donors (Lipinski definition) is 2. The molecule has 10 heteroatoms. The number of aromatic nitrogens is 1. The van der Waals surface area contributed by atoms with E-state index in [1.165, 1.54) is 24.5 Å². The Morgan fingerprint density at radius 3 is 2.60 bits per heavy atom. The Bertz CT molecular complexity index is 678. The molecule has 2 N–H and O–H groups in total. The molecule has 7 nitrogen and oxygen atoms in total. The zero-order chi connectivity index (χ0) is 18.8. The van der Waals surface area contributed by atoms with E-state index in [2.05, 4.69) is 4.98 Å². The average molecular weight is 358 g/mol. The van der Waals surface area contributed by atoms with Crippen LogP contribution in [0.1, 0.15) is 25.8 Å². The fourth-order valence-electron chi connectivity index (χ4n) is 2.37. The molecular weight excluding hydrogens is 341 g/mol. The lowest BCUT2D eigenvalue weighted by atomic mass is 10.1. The third-order valence-electron chi connectivity index (χ3n) is 3.51. The van der Waals surface area contributed by atoms with E-state index in [1.807, 2.05) is 0 Å². The minimum absolute atomic E-state index is 0.219. The molecule has 136 valence electrons. The number of pyridine rings is 1. The molecule has 25 heavy (non-hydrogen) atoms. The molecule has 0 unspecified atom stereocenters. The third-order valence-corrected chi connectivity index (χ3v) is 3.51. The standard InChI is InChI=1S/C15H17F3N4O3/c1-9(2)6-11(23)20-14(15(16,17)18)12(24)22(13(25)21-14)8-10-4-3-5-19-7-10/h3-5,7,9H,6,8H2,1-2H3,(H,20,23)(H,21,25)/t14-/m1/s1. The fourth-order valence-corrected chi connectivity index (χ4v) is 2.37. The van der Waals surface area contributed by atoms with Crippen molar-refractivity contribution in [3.8, 4) is 0 Å². The molecule has 1 aromatic heterocycles. The second-order valence-electron chi connectivity index (χ2n) is 6.08. The molecule has 2 heterocycles. The van der Waals surface area contributed by atoms with E-state index in [1.54, 1.807) is 24.5 Å². The van der Waals surface area contributed by atoms with Gasteiger partial charge in [0.05, 0.1) is 6.54 Å². The Kier molecular flexibility index (Phi) is 5.00. The second-order valence-corrected chi connectivity index (χ2v) is 6.08. The Balaban J connectivity index is 2.30. The number of halogens is 3. The average Bonchev–Trinajstić information content (AvgIpc) is 2.72. The number of urea groups is 1. The van der Waals surface area contributed by atoms with Crippen LogP contribution >= 0.6 is 0 Å². The van der Waals surface area contributed by atoms with E-state index in [-0.39, 0.29) is 12.3 Å². The van der Waals surface area contributed by atoms with Crippen molar-refractivity contribution in [3.63, 3.8) is 0 Å². The summed E-state index contributed by atoms with van der Waals surface area (Å²) in [5, 5.41) is 3.25. The highest BCUT2D eigenvalue weighted by molar-refractivity contribution is 6.08. The molecule has 1 saturated heterocycles. The highest BCUT2D eigenvalue weighted by Crippen LogP contribution is 2.34. The summed E-state index contributed by atoms with van der Waals surface area (Å²) in [4.78, 5) is 40.4. The number of rotatable bonds is 5. The largest absolute Gasteiger partial charge is 0.440 e. The lowest BCUT2D eigenvalue weighted by Crippen LogP contribution is -2.69. The molecule has 0 saturated carbocycles. The number of carbonyl (C=O) groups excluding carboxylic acids is 3. The predicted molar refractivity (Wildman–Crippen MR) is 79.7 cm³/mol. The molecule has 2 rings (SSSR count). The molecule has 0 aromatic carbocycles. The summed E-state index contributed by atoms with van der Waals surface area (Å²) in [6.45, 7) is 2.89. The molecule has 4 amide bonds. The maximum absolute atomic E-state index is 13.6. The van der Waals surface area contributed by atoms with E-state index in [0.29, 0.717) is 10.5 Å². The SMILES string of the molecule is CC(C)CC(=O)N[C@@]1(C(F)(F)F)NC(=O)N(Cc2cccnc2)C1=O. The topological polar surface area (TPSA) is 91.4 Å². The van der Waals surface area contributed by atoms with Gasteiger partial charge in [-0.3, -0.25) is 24.8 Å². The van der Waals surface area contributed by atoms with Crippen molar-refractivity contribution in [2.45, 2.75) is 38.7 Å². The molecule has 0 spiro atoms. The number of amides is 4. The lowest BCUT2D eigenvalue weighted by Gasteiger charge is -2.30. The predicted octanol–water partition coefficient (Wildman–Crippen LogP) is 1.55. The van der Waals surface area contributed by atoms with Crippen LogP contribution in [0.15, 0.2) is 24.5 Å². The van der Waals surface area contributed by atoms with Gasteiger partial charge in [0, 0.05) is 18.8 Å². The first kappa shape index (κ1) is 18.7. The van der Waals surface area contributed by atoms with Gasteiger partial charge in [0.25, 0.3) is 11.6 Å². The van der Waals surface area contributed by atoms with Crippen molar-refractivity contribution in [2.24, 2.45) is 5.92 Å². The van der Waals surface area contributed by atoms with Crippen molar-refractivity contribution in [2.75, 3.05) is 0 Å². The van der Waals surface area contributed by atoms with Gasteiger partial charge in [-0.25, -0.2) is 4.79 Å². The van der Waals surface area contributed by atoms with Crippen molar-refractivity contribution >= 4 is 17.8 Å². The first-order valence-corrected chi connectivity index (χ1v) is 7.47. The summed E-state index contributed by atoms with van der Waals surface area (Å²) in [6.07, 6.45) is -2.65. The van der Waals surface area contributed by atoms with Crippen LogP contribution in [0.5, 0.6) is 0 Å². The van der Waals surface area contributed by atoms with Crippen LogP contribution in [0, 0.1) is 5.92 Å². The van der Waals surface area contributed by atoms with Gasteiger partial charge < -0.3 is 5.32 Å². The monoisotopic (exact) mass is 358 g/mol. The van der Waals surface area contributed by atoms with Gasteiger partial charge >= 0.3 is 12.2 Å². The Morgan fingerprint density at radius 1 is 1.40 bits per heavy atom.